The third-order valence-electron chi connectivity index (χ3n) is 3.79. The predicted molar refractivity (Wildman–Crippen MR) is 87.5 cm³/mol. The van der Waals surface area contributed by atoms with Gasteiger partial charge in [0.15, 0.2) is 5.65 Å². The van der Waals surface area contributed by atoms with Crippen LogP contribution in [0.5, 0.6) is 0 Å². The Morgan fingerprint density at radius 3 is 2.65 bits per heavy atom. The number of amides is 1. The van der Waals surface area contributed by atoms with Crippen molar-refractivity contribution in [2.24, 2.45) is 0 Å². The van der Waals surface area contributed by atoms with Gasteiger partial charge in [-0.05, 0) is 19.1 Å². The molecule has 1 aromatic carbocycles. The fourth-order valence-corrected chi connectivity index (χ4v) is 2.80. The summed E-state index contributed by atoms with van der Waals surface area (Å²) in [5, 5.41) is 2.26. The average Bonchev–Trinajstić information content (AvgIpc) is 2.90. The van der Waals surface area contributed by atoms with Gasteiger partial charge in [-0.1, -0.05) is 29.8 Å². The number of aryl methyl sites for hydroxylation is 1. The molecular formula is C17H12ClF4N3O. The van der Waals surface area contributed by atoms with Gasteiger partial charge in [0.05, 0.1) is 16.3 Å². The molecule has 0 aliphatic heterocycles. The lowest BCUT2D eigenvalue weighted by Gasteiger charge is -2.10. The third-order valence-corrected chi connectivity index (χ3v) is 4.07. The van der Waals surface area contributed by atoms with Gasteiger partial charge < -0.3 is 5.32 Å². The second kappa shape index (κ2) is 6.60. The normalized spacial score (nSPS) is 11.8. The number of carbonyl (C=O) groups is 1. The highest BCUT2D eigenvalue weighted by molar-refractivity contribution is 6.33. The minimum absolute atomic E-state index is 0.0354. The first kappa shape index (κ1) is 18.2. The molecule has 3 rings (SSSR count). The molecule has 3 aromatic rings. The van der Waals surface area contributed by atoms with Gasteiger partial charge in [0.25, 0.3) is 5.91 Å². The number of nitrogens with one attached hydrogen (secondary N) is 1. The molecule has 0 aliphatic rings. The summed E-state index contributed by atoms with van der Waals surface area (Å²) < 4.78 is 53.7. The van der Waals surface area contributed by atoms with Gasteiger partial charge in [0.1, 0.15) is 11.5 Å². The van der Waals surface area contributed by atoms with Crippen LogP contribution in [0.25, 0.3) is 5.65 Å². The summed E-state index contributed by atoms with van der Waals surface area (Å²) >= 11 is 5.89. The van der Waals surface area contributed by atoms with E-state index in [0.717, 1.165) is 16.7 Å². The van der Waals surface area contributed by atoms with Crippen LogP contribution in [0.3, 0.4) is 0 Å². The fraction of sp³-hybridized carbons (Fsp3) is 0.176. The third kappa shape index (κ3) is 3.37. The minimum Gasteiger partial charge on any atom is -0.347 e. The van der Waals surface area contributed by atoms with E-state index in [1.165, 1.54) is 25.1 Å². The van der Waals surface area contributed by atoms with Crippen molar-refractivity contribution in [1.82, 2.24) is 14.7 Å². The Bertz CT molecular complexity index is 998. The Morgan fingerprint density at radius 1 is 1.31 bits per heavy atom. The number of carbonyl (C=O) groups excluding carboxylic acids is 1. The molecule has 0 saturated carbocycles. The molecule has 0 radical (unpaired) electrons. The number of hydrogen-bond acceptors (Lipinski definition) is 2. The molecule has 0 spiro atoms. The van der Waals surface area contributed by atoms with E-state index in [2.05, 4.69) is 10.3 Å². The summed E-state index contributed by atoms with van der Waals surface area (Å²) in [6, 6.07) is 6.62. The summed E-state index contributed by atoms with van der Waals surface area (Å²) in [6.45, 7) is 1.36. The summed E-state index contributed by atoms with van der Waals surface area (Å²) in [5.74, 6) is -1.18. The van der Waals surface area contributed by atoms with Crippen LogP contribution < -0.4 is 5.32 Å². The van der Waals surface area contributed by atoms with Crippen molar-refractivity contribution in [2.75, 3.05) is 0 Å². The second-order valence-corrected chi connectivity index (χ2v) is 6.00. The van der Waals surface area contributed by atoms with E-state index in [1.54, 1.807) is 6.07 Å². The van der Waals surface area contributed by atoms with Gasteiger partial charge >= 0.3 is 6.18 Å². The molecule has 4 nitrogen and oxygen atoms in total. The quantitative estimate of drug-likeness (QED) is 0.680. The van der Waals surface area contributed by atoms with E-state index < -0.39 is 23.5 Å². The van der Waals surface area contributed by atoms with Gasteiger partial charge in [-0.3, -0.25) is 9.20 Å². The summed E-state index contributed by atoms with van der Waals surface area (Å²) in [7, 11) is 0. The maximum Gasteiger partial charge on any atom is 0.417 e. The predicted octanol–water partition coefficient (Wildman–Crippen LogP) is 4.38. The van der Waals surface area contributed by atoms with Crippen molar-refractivity contribution in [3.05, 3.63) is 69.9 Å². The molecule has 2 heterocycles. The van der Waals surface area contributed by atoms with Crippen molar-refractivity contribution in [3.63, 3.8) is 0 Å². The first-order valence-electron chi connectivity index (χ1n) is 7.45. The lowest BCUT2D eigenvalue weighted by Crippen LogP contribution is -2.25. The van der Waals surface area contributed by atoms with Crippen LogP contribution in [-0.4, -0.2) is 15.3 Å². The Balaban J connectivity index is 1.98. The van der Waals surface area contributed by atoms with E-state index >= 15 is 0 Å². The van der Waals surface area contributed by atoms with E-state index in [-0.39, 0.29) is 34.2 Å². The zero-order valence-electron chi connectivity index (χ0n) is 13.4. The summed E-state index contributed by atoms with van der Waals surface area (Å²) in [4.78, 5) is 16.5. The minimum atomic E-state index is -4.63. The Morgan fingerprint density at radius 2 is 2.00 bits per heavy atom. The molecule has 1 amide bonds. The van der Waals surface area contributed by atoms with Crippen LogP contribution in [0.1, 0.15) is 27.3 Å². The van der Waals surface area contributed by atoms with Crippen molar-refractivity contribution in [3.8, 4) is 0 Å². The standard InChI is InChI=1S/C17H12ClF4N3O/c1-9-14(16(26)23-7-10-4-2-3-5-13(10)19)25-8-11(17(20,21)22)6-12(18)15(25)24-9/h2-6,8H,7H2,1H3,(H,23,26). The van der Waals surface area contributed by atoms with Crippen LogP contribution >= 0.6 is 11.6 Å². The van der Waals surface area contributed by atoms with Gasteiger partial charge in [0, 0.05) is 18.3 Å². The molecule has 2 aromatic heterocycles. The first-order chi connectivity index (χ1) is 12.2. The maximum atomic E-state index is 13.6. The number of nitrogens with zero attached hydrogens (tertiary/aromatic N) is 2. The van der Waals surface area contributed by atoms with Crippen LogP contribution in [0, 0.1) is 12.7 Å². The molecule has 9 heteroatoms. The summed E-state index contributed by atoms with van der Waals surface area (Å²) in [6.07, 6.45) is -3.86. The van der Waals surface area contributed by atoms with Crippen molar-refractivity contribution in [1.29, 1.82) is 0 Å². The molecule has 0 saturated heterocycles. The SMILES string of the molecule is Cc1nc2c(Cl)cc(C(F)(F)F)cn2c1C(=O)NCc1ccccc1F. The Labute approximate surface area is 150 Å². The molecule has 136 valence electrons. The van der Waals surface area contributed by atoms with Crippen molar-refractivity contribution in [2.45, 2.75) is 19.6 Å². The average molecular weight is 386 g/mol. The fourth-order valence-electron chi connectivity index (χ4n) is 2.55. The lowest BCUT2D eigenvalue weighted by atomic mass is 10.2. The van der Waals surface area contributed by atoms with Crippen LogP contribution in [0.2, 0.25) is 5.02 Å². The number of aromatic nitrogens is 2. The van der Waals surface area contributed by atoms with E-state index in [1.807, 2.05) is 0 Å². The smallest absolute Gasteiger partial charge is 0.347 e. The van der Waals surface area contributed by atoms with Gasteiger partial charge in [0.2, 0.25) is 0 Å². The number of halogens is 5. The van der Waals surface area contributed by atoms with Crippen molar-refractivity contribution < 1.29 is 22.4 Å². The van der Waals surface area contributed by atoms with Gasteiger partial charge in [-0.15, -0.1) is 0 Å². The molecule has 0 unspecified atom stereocenters. The van der Waals surface area contributed by atoms with Crippen LogP contribution in [0.4, 0.5) is 17.6 Å². The number of imidazole rings is 1. The van der Waals surface area contributed by atoms with Crippen LogP contribution in [0.15, 0.2) is 36.5 Å². The number of benzene rings is 1. The highest BCUT2D eigenvalue weighted by atomic mass is 35.5. The summed E-state index contributed by atoms with van der Waals surface area (Å²) in [5.41, 5.74) is -0.605. The Hall–Kier alpha value is -2.61. The molecule has 1 N–H and O–H groups in total. The number of pyridine rings is 1. The van der Waals surface area contributed by atoms with Gasteiger partial charge in [-0.25, -0.2) is 9.37 Å². The van der Waals surface area contributed by atoms with Crippen LogP contribution in [-0.2, 0) is 12.7 Å². The van der Waals surface area contributed by atoms with Gasteiger partial charge in [-0.2, -0.15) is 13.2 Å². The number of hydrogen-bond donors (Lipinski definition) is 1. The zero-order valence-corrected chi connectivity index (χ0v) is 14.1. The number of rotatable bonds is 3. The molecule has 26 heavy (non-hydrogen) atoms. The largest absolute Gasteiger partial charge is 0.417 e. The monoisotopic (exact) mass is 385 g/mol. The number of fused-ring (bicyclic) bond motifs is 1. The topological polar surface area (TPSA) is 46.4 Å². The maximum absolute atomic E-state index is 13.6. The molecule has 0 aliphatic carbocycles. The first-order valence-corrected chi connectivity index (χ1v) is 7.83. The molecule has 0 bridgehead atoms. The number of alkyl halides is 3. The highest BCUT2D eigenvalue weighted by Crippen LogP contribution is 2.33. The van der Waals surface area contributed by atoms with E-state index in [0.29, 0.717) is 0 Å². The molecule has 0 fully saturated rings. The molecule has 0 atom stereocenters. The van der Waals surface area contributed by atoms with Crippen molar-refractivity contribution >= 4 is 23.2 Å². The van der Waals surface area contributed by atoms with E-state index in [4.69, 9.17) is 11.6 Å². The van der Waals surface area contributed by atoms with E-state index in [9.17, 15) is 22.4 Å². The Kier molecular flexibility index (Phi) is 4.62. The zero-order chi connectivity index (χ0) is 19.1. The lowest BCUT2D eigenvalue weighted by molar-refractivity contribution is -0.137. The molecular weight excluding hydrogens is 374 g/mol. The second-order valence-electron chi connectivity index (χ2n) is 5.59. The highest BCUT2D eigenvalue weighted by Gasteiger charge is 2.32.